The van der Waals surface area contributed by atoms with Gasteiger partial charge in [0.05, 0.1) is 29.0 Å². The predicted octanol–water partition coefficient (Wildman–Crippen LogP) is 4.49. The van der Waals surface area contributed by atoms with Gasteiger partial charge in [0.2, 0.25) is 5.91 Å². The van der Waals surface area contributed by atoms with E-state index in [-0.39, 0.29) is 17.0 Å². The van der Waals surface area contributed by atoms with Crippen LogP contribution >= 0.6 is 11.8 Å². The number of nitrogens with one attached hydrogen (secondary N) is 1. The van der Waals surface area contributed by atoms with Crippen molar-refractivity contribution in [3.8, 4) is 11.4 Å². The van der Waals surface area contributed by atoms with Gasteiger partial charge in [-0.15, -0.1) is 11.8 Å². The molecule has 144 valence electrons. The van der Waals surface area contributed by atoms with Gasteiger partial charge in [0, 0.05) is 11.1 Å². The summed E-state index contributed by atoms with van der Waals surface area (Å²) in [7, 11) is 0. The van der Waals surface area contributed by atoms with Crippen LogP contribution in [0.5, 0.6) is 5.75 Å². The molecule has 5 nitrogen and oxygen atoms in total. The highest BCUT2D eigenvalue weighted by atomic mass is 32.2. The number of anilines is 1. The first-order valence-electron chi connectivity index (χ1n) is 9.07. The van der Waals surface area contributed by atoms with Crippen LogP contribution in [0.25, 0.3) is 5.69 Å². The number of hydrogen-bond acceptors (Lipinski definition) is 4. The lowest BCUT2D eigenvalue weighted by Gasteiger charge is -2.19. The molecular weight excluding hydrogens is 377 g/mol. The van der Waals surface area contributed by atoms with E-state index in [1.54, 1.807) is 28.6 Å². The van der Waals surface area contributed by atoms with Gasteiger partial charge in [-0.1, -0.05) is 18.2 Å². The third-order valence-corrected chi connectivity index (χ3v) is 5.83. The summed E-state index contributed by atoms with van der Waals surface area (Å²) in [6.45, 7) is 4.44. The summed E-state index contributed by atoms with van der Waals surface area (Å²) in [6, 6.07) is 13.9. The number of rotatable bonds is 4. The number of hydrogen-bond donors (Lipinski definition) is 1. The van der Waals surface area contributed by atoms with Gasteiger partial charge in [0.15, 0.2) is 0 Å². The lowest BCUT2D eigenvalue weighted by atomic mass is 10.0. The predicted molar refractivity (Wildman–Crippen MR) is 109 cm³/mol. The zero-order chi connectivity index (χ0) is 19.7. The van der Waals surface area contributed by atoms with Gasteiger partial charge in [-0.2, -0.15) is 5.10 Å². The Morgan fingerprint density at radius 3 is 2.75 bits per heavy atom. The third kappa shape index (κ3) is 3.38. The van der Waals surface area contributed by atoms with Crippen molar-refractivity contribution in [2.24, 2.45) is 0 Å². The fraction of sp³-hybridized carbons (Fsp3) is 0.238. The van der Waals surface area contributed by atoms with Gasteiger partial charge in [-0.3, -0.25) is 4.79 Å². The third-order valence-electron chi connectivity index (χ3n) is 4.58. The Bertz CT molecular complexity index is 1020. The van der Waals surface area contributed by atoms with Crippen molar-refractivity contribution in [3.63, 3.8) is 0 Å². The summed E-state index contributed by atoms with van der Waals surface area (Å²) in [6.07, 6.45) is 0. The minimum atomic E-state index is -0.318. The molecule has 0 spiro atoms. The number of aromatic nitrogens is 2. The molecule has 1 aliphatic rings. The van der Waals surface area contributed by atoms with E-state index in [0.717, 1.165) is 22.6 Å². The molecule has 1 N–H and O–H groups in total. The maximum atomic E-state index is 13.4. The average molecular weight is 397 g/mol. The van der Waals surface area contributed by atoms with Crippen molar-refractivity contribution in [1.29, 1.82) is 0 Å². The first-order valence-corrected chi connectivity index (χ1v) is 10.1. The summed E-state index contributed by atoms with van der Waals surface area (Å²) < 4.78 is 20.9. The van der Waals surface area contributed by atoms with E-state index < -0.39 is 0 Å². The zero-order valence-electron chi connectivity index (χ0n) is 15.6. The normalized spacial score (nSPS) is 16.2. The van der Waals surface area contributed by atoms with Gasteiger partial charge >= 0.3 is 0 Å². The highest BCUT2D eigenvalue weighted by Crippen LogP contribution is 2.46. The summed E-state index contributed by atoms with van der Waals surface area (Å²) in [5.41, 5.74) is 3.45. The summed E-state index contributed by atoms with van der Waals surface area (Å²) in [5.74, 6) is 1.34. The smallest absolute Gasteiger partial charge is 0.235 e. The first kappa shape index (κ1) is 18.6. The number of para-hydroxylation sites is 1. The highest BCUT2D eigenvalue weighted by molar-refractivity contribution is 8.00. The van der Waals surface area contributed by atoms with Crippen molar-refractivity contribution >= 4 is 23.5 Å². The van der Waals surface area contributed by atoms with Crippen LogP contribution in [-0.2, 0) is 4.79 Å². The molecule has 1 aromatic heterocycles. The molecule has 0 unspecified atom stereocenters. The van der Waals surface area contributed by atoms with Crippen LogP contribution in [-0.4, -0.2) is 28.0 Å². The molecule has 0 aliphatic carbocycles. The van der Waals surface area contributed by atoms with Crippen molar-refractivity contribution in [2.75, 3.05) is 17.7 Å². The molecule has 7 heteroatoms. The maximum absolute atomic E-state index is 13.4. The Morgan fingerprint density at radius 1 is 1.25 bits per heavy atom. The van der Waals surface area contributed by atoms with Crippen molar-refractivity contribution < 1.29 is 13.9 Å². The summed E-state index contributed by atoms with van der Waals surface area (Å²) >= 11 is 1.55. The molecule has 0 saturated carbocycles. The molecule has 0 saturated heterocycles. The number of aryl methyl sites for hydroxylation is 1. The molecule has 4 rings (SSSR count). The van der Waals surface area contributed by atoms with E-state index >= 15 is 0 Å². The molecule has 1 amide bonds. The number of thioether (sulfide) groups is 1. The number of benzene rings is 2. The van der Waals surface area contributed by atoms with Crippen LogP contribution in [0.15, 0.2) is 48.5 Å². The van der Waals surface area contributed by atoms with Crippen molar-refractivity contribution in [2.45, 2.75) is 19.1 Å². The van der Waals surface area contributed by atoms with Crippen LogP contribution in [0.2, 0.25) is 0 Å². The molecule has 0 bridgehead atoms. The lowest BCUT2D eigenvalue weighted by molar-refractivity contribution is -0.113. The van der Waals surface area contributed by atoms with E-state index in [2.05, 4.69) is 10.4 Å². The number of amides is 1. The van der Waals surface area contributed by atoms with E-state index in [1.165, 1.54) is 12.1 Å². The van der Waals surface area contributed by atoms with E-state index in [9.17, 15) is 9.18 Å². The average Bonchev–Trinajstić information content (AvgIpc) is 2.89. The Kier molecular flexibility index (Phi) is 5.09. The molecule has 3 aromatic rings. The standard InChI is InChI=1S/C21H20FN3O2S/c1-3-27-17-7-5-4-6-16(17)20-19-13(2)24-25(15-10-8-14(22)9-11-15)21(19)23-18(26)12-28-20/h4-11,20H,3,12H2,1-2H3,(H,23,26)/t20-/m1/s1. The maximum Gasteiger partial charge on any atom is 0.235 e. The Balaban J connectivity index is 1.88. The molecule has 28 heavy (non-hydrogen) atoms. The number of nitrogens with zero attached hydrogens (tertiary/aromatic N) is 2. The molecule has 0 fully saturated rings. The van der Waals surface area contributed by atoms with Gasteiger partial charge in [0.25, 0.3) is 0 Å². The lowest BCUT2D eigenvalue weighted by Crippen LogP contribution is -2.15. The van der Waals surface area contributed by atoms with Crippen LogP contribution in [0, 0.1) is 12.7 Å². The topological polar surface area (TPSA) is 56.1 Å². The first-order chi connectivity index (χ1) is 13.6. The molecule has 2 heterocycles. The van der Waals surface area contributed by atoms with E-state index in [4.69, 9.17) is 4.74 Å². The van der Waals surface area contributed by atoms with Crippen LogP contribution in [0.4, 0.5) is 10.2 Å². The fourth-order valence-corrected chi connectivity index (χ4v) is 4.60. The van der Waals surface area contributed by atoms with Gasteiger partial charge in [-0.25, -0.2) is 9.07 Å². The molecule has 0 radical (unpaired) electrons. The number of halogens is 1. The zero-order valence-corrected chi connectivity index (χ0v) is 16.4. The molecule has 2 aromatic carbocycles. The van der Waals surface area contributed by atoms with Gasteiger partial charge in [0.1, 0.15) is 17.4 Å². The Hall–Kier alpha value is -2.80. The summed E-state index contributed by atoms with van der Waals surface area (Å²) in [4.78, 5) is 12.4. The largest absolute Gasteiger partial charge is 0.494 e. The highest BCUT2D eigenvalue weighted by Gasteiger charge is 2.32. The van der Waals surface area contributed by atoms with Crippen LogP contribution < -0.4 is 10.1 Å². The Labute approximate surface area is 166 Å². The quantitative estimate of drug-likeness (QED) is 0.705. The Morgan fingerprint density at radius 2 is 2.00 bits per heavy atom. The van der Waals surface area contributed by atoms with Crippen molar-refractivity contribution in [1.82, 2.24) is 9.78 Å². The second-order valence-corrected chi connectivity index (χ2v) is 7.54. The van der Waals surface area contributed by atoms with E-state index in [1.807, 2.05) is 38.1 Å². The number of carbonyl (C=O) groups excluding carboxylic acids is 1. The molecular formula is C21H20FN3O2S. The molecule has 1 aliphatic heterocycles. The minimum Gasteiger partial charge on any atom is -0.494 e. The fourth-order valence-electron chi connectivity index (χ4n) is 3.38. The number of carbonyl (C=O) groups is 1. The van der Waals surface area contributed by atoms with Gasteiger partial charge < -0.3 is 10.1 Å². The number of fused-ring (bicyclic) bond motifs is 1. The monoisotopic (exact) mass is 397 g/mol. The molecule has 1 atom stereocenters. The van der Waals surface area contributed by atoms with Crippen LogP contribution in [0.3, 0.4) is 0 Å². The van der Waals surface area contributed by atoms with Crippen molar-refractivity contribution in [3.05, 3.63) is 71.2 Å². The summed E-state index contributed by atoms with van der Waals surface area (Å²) in [5, 5.41) is 7.52. The van der Waals surface area contributed by atoms with Crippen LogP contribution in [0.1, 0.15) is 29.0 Å². The SMILES string of the molecule is CCOc1ccccc1[C@H]1SCC(=O)Nc2c1c(C)nn2-c1ccc(F)cc1. The second kappa shape index (κ2) is 7.67. The second-order valence-electron chi connectivity index (χ2n) is 6.45. The minimum absolute atomic E-state index is 0.0918. The van der Waals surface area contributed by atoms with E-state index in [0.29, 0.717) is 23.9 Å². The number of ether oxygens (including phenoxy) is 1. The van der Waals surface area contributed by atoms with Gasteiger partial charge in [-0.05, 0) is 44.2 Å².